The Morgan fingerprint density at radius 1 is 0.381 bits per heavy atom. The van der Waals surface area contributed by atoms with E-state index in [0.29, 0.717) is 0 Å². The highest BCUT2D eigenvalue weighted by Gasteiger charge is 2.21. The predicted molar refractivity (Wildman–Crippen MR) is 174 cm³/mol. The maximum absolute atomic E-state index is 5.21. The van der Waals surface area contributed by atoms with Gasteiger partial charge in [-0.1, -0.05) is 97.1 Å². The molecule has 0 atom stereocenters. The highest BCUT2D eigenvalue weighted by Crippen LogP contribution is 2.41. The SMILES string of the molecule is c1ccc(-c2ccc3nc(-n4c5ccccc5c5ccc6c7ccccc7n(-c7ccccc7)c6c54)ccc3n2)cc1. The smallest absolute Gasteiger partial charge is 0.138 e. The van der Waals surface area contributed by atoms with Gasteiger partial charge in [-0.05, 0) is 48.5 Å². The van der Waals surface area contributed by atoms with E-state index in [-0.39, 0.29) is 0 Å². The maximum Gasteiger partial charge on any atom is 0.138 e. The second-order valence-corrected chi connectivity index (χ2v) is 10.7. The van der Waals surface area contributed by atoms with Crippen molar-refractivity contribution in [1.29, 1.82) is 0 Å². The second kappa shape index (κ2) is 8.88. The molecule has 4 nitrogen and oxygen atoms in total. The molecule has 4 heterocycles. The Morgan fingerprint density at radius 2 is 0.929 bits per heavy atom. The molecule has 0 aliphatic carbocycles. The van der Waals surface area contributed by atoms with Crippen LogP contribution in [0.2, 0.25) is 0 Å². The lowest BCUT2D eigenvalue weighted by molar-refractivity contribution is 1.09. The standard InChI is InChI=1S/C38H24N4/c1-3-11-25(12-4-1)31-21-22-33-32(39-31)23-24-36(40-33)42-35-18-10-8-16-28(35)30-20-19-29-27-15-7-9-17-34(27)41(37(29)38(30)42)26-13-5-2-6-14-26/h1-24H. The summed E-state index contributed by atoms with van der Waals surface area (Å²) < 4.78 is 4.73. The van der Waals surface area contributed by atoms with Crippen molar-refractivity contribution in [3.8, 4) is 22.8 Å². The lowest BCUT2D eigenvalue weighted by atomic mass is 10.1. The normalized spacial score (nSPS) is 11.8. The summed E-state index contributed by atoms with van der Waals surface area (Å²) in [5, 5.41) is 4.87. The van der Waals surface area contributed by atoms with Crippen molar-refractivity contribution in [2.24, 2.45) is 0 Å². The van der Waals surface area contributed by atoms with Gasteiger partial charge < -0.3 is 4.57 Å². The number of para-hydroxylation sites is 3. The van der Waals surface area contributed by atoms with Gasteiger partial charge in [0, 0.05) is 32.8 Å². The summed E-state index contributed by atoms with van der Waals surface area (Å²) in [4.78, 5) is 10.2. The third kappa shape index (κ3) is 3.29. The Kier molecular flexibility index (Phi) is 4.87. The van der Waals surface area contributed by atoms with Crippen LogP contribution >= 0.6 is 0 Å². The number of rotatable bonds is 3. The summed E-state index contributed by atoms with van der Waals surface area (Å²) in [5.74, 6) is 0.875. The van der Waals surface area contributed by atoms with Crippen LogP contribution < -0.4 is 0 Å². The fraction of sp³-hybridized carbons (Fsp3) is 0. The molecule has 0 saturated carbocycles. The first-order valence-corrected chi connectivity index (χ1v) is 14.2. The van der Waals surface area contributed by atoms with Crippen molar-refractivity contribution in [2.75, 3.05) is 0 Å². The molecule has 4 aromatic heterocycles. The van der Waals surface area contributed by atoms with Crippen molar-refractivity contribution in [2.45, 2.75) is 0 Å². The predicted octanol–water partition coefficient (Wildman–Crippen LogP) is 9.49. The molecule has 0 aliphatic rings. The highest BCUT2D eigenvalue weighted by atomic mass is 15.1. The third-order valence-corrected chi connectivity index (χ3v) is 8.31. The van der Waals surface area contributed by atoms with Gasteiger partial charge in [-0.2, -0.15) is 0 Å². The van der Waals surface area contributed by atoms with Crippen molar-refractivity contribution < 1.29 is 0 Å². The maximum atomic E-state index is 5.21. The average Bonchev–Trinajstić information content (AvgIpc) is 3.58. The number of aromatic nitrogens is 4. The molecule has 0 amide bonds. The molecule has 0 unspecified atom stereocenters. The van der Waals surface area contributed by atoms with E-state index < -0.39 is 0 Å². The molecule has 9 rings (SSSR count). The second-order valence-electron chi connectivity index (χ2n) is 10.7. The van der Waals surface area contributed by atoms with E-state index in [1.165, 1.54) is 32.6 Å². The van der Waals surface area contributed by atoms with Gasteiger partial charge in [0.2, 0.25) is 0 Å². The van der Waals surface area contributed by atoms with E-state index in [2.05, 4.69) is 137 Å². The van der Waals surface area contributed by atoms with E-state index in [4.69, 9.17) is 9.97 Å². The van der Waals surface area contributed by atoms with Crippen LogP contribution in [0, 0.1) is 0 Å². The van der Waals surface area contributed by atoms with Crippen molar-refractivity contribution in [3.05, 3.63) is 146 Å². The molecular formula is C38H24N4. The summed E-state index contributed by atoms with van der Waals surface area (Å²) in [6.07, 6.45) is 0. The third-order valence-electron chi connectivity index (χ3n) is 8.31. The van der Waals surface area contributed by atoms with Gasteiger partial charge in [0.1, 0.15) is 5.82 Å². The van der Waals surface area contributed by atoms with E-state index in [9.17, 15) is 0 Å². The first kappa shape index (κ1) is 23.0. The van der Waals surface area contributed by atoms with E-state index in [1.807, 2.05) is 18.2 Å². The van der Waals surface area contributed by atoms with Crippen LogP contribution in [0.4, 0.5) is 0 Å². The van der Waals surface area contributed by atoms with Gasteiger partial charge in [0.15, 0.2) is 0 Å². The molecule has 196 valence electrons. The van der Waals surface area contributed by atoms with E-state index >= 15 is 0 Å². The number of benzene rings is 5. The Bertz CT molecular complexity index is 2450. The Morgan fingerprint density at radius 3 is 1.64 bits per heavy atom. The number of nitrogens with zero attached hydrogens (tertiary/aromatic N) is 4. The van der Waals surface area contributed by atoms with Crippen LogP contribution in [0.3, 0.4) is 0 Å². The average molecular weight is 537 g/mol. The quantitative estimate of drug-likeness (QED) is 0.225. The summed E-state index contributed by atoms with van der Waals surface area (Å²) in [7, 11) is 0. The zero-order valence-electron chi connectivity index (χ0n) is 22.6. The van der Waals surface area contributed by atoms with Crippen LogP contribution in [0.5, 0.6) is 0 Å². The number of hydrogen-bond acceptors (Lipinski definition) is 2. The van der Waals surface area contributed by atoms with Crippen molar-refractivity contribution in [3.63, 3.8) is 0 Å². The van der Waals surface area contributed by atoms with Crippen LogP contribution in [0.15, 0.2) is 146 Å². The first-order chi connectivity index (χ1) is 20.8. The zero-order valence-corrected chi connectivity index (χ0v) is 22.6. The molecule has 9 aromatic rings. The molecule has 0 N–H and O–H groups in total. The molecule has 0 bridgehead atoms. The minimum absolute atomic E-state index is 0.869. The van der Waals surface area contributed by atoms with Gasteiger partial charge >= 0.3 is 0 Å². The van der Waals surface area contributed by atoms with Gasteiger partial charge in [-0.25, -0.2) is 9.97 Å². The lowest BCUT2D eigenvalue weighted by Crippen LogP contribution is -2.01. The largest absolute Gasteiger partial charge is 0.307 e. The highest BCUT2D eigenvalue weighted by molar-refractivity contribution is 6.23. The van der Waals surface area contributed by atoms with Crippen molar-refractivity contribution >= 4 is 54.6 Å². The fourth-order valence-corrected chi connectivity index (χ4v) is 6.48. The molecule has 0 aliphatic heterocycles. The zero-order chi connectivity index (χ0) is 27.6. The number of hydrogen-bond donors (Lipinski definition) is 0. The molecular weight excluding hydrogens is 512 g/mol. The summed E-state index contributed by atoms with van der Waals surface area (Å²) in [6, 6.07) is 51.1. The summed E-state index contributed by atoms with van der Waals surface area (Å²) in [5.41, 5.74) is 9.57. The lowest BCUT2D eigenvalue weighted by Gasteiger charge is -2.12. The van der Waals surface area contributed by atoms with Gasteiger partial charge in [0.25, 0.3) is 0 Å². The summed E-state index contributed by atoms with van der Waals surface area (Å²) >= 11 is 0. The number of fused-ring (bicyclic) bond motifs is 8. The van der Waals surface area contributed by atoms with Gasteiger partial charge in [-0.15, -0.1) is 0 Å². The van der Waals surface area contributed by atoms with E-state index in [1.54, 1.807) is 0 Å². The van der Waals surface area contributed by atoms with Crippen LogP contribution in [0.25, 0.3) is 77.4 Å². The minimum atomic E-state index is 0.869. The Labute approximate surface area is 241 Å². The molecule has 42 heavy (non-hydrogen) atoms. The molecule has 0 saturated heterocycles. The fourth-order valence-electron chi connectivity index (χ4n) is 6.48. The van der Waals surface area contributed by atoms with Crippen LogP contribution in [-0.4, -0.2) is 19.1 Å². The molecule has 0 spiro atoms. The minimum Gasteiger partial charge on any atom is -0.307 e. The van der Waals surface area contributed by atoms with Gasteiger partial charge in [-0.3, -0.25) is 4.57 Å². The number of pyridine rings is 2. The van der Waals surface area contributed by atoms with Crippen molar-refractivity contribution in [1.82, 2.24) is 19.1 Å². The topological polar surface area (TPSA) is 35.6 Å². The molecule has 4 heteroatoms. The molecule has 5 aromatic carbocycles. The summed E-state index contributed by atoms with van der Waals surface area (Å²) in [6.45, 7) is 0. The monoisotopic (exact) mass is 536 g/mol. The van der Waals surface area contributed by atoms with Gasteiger partial charge in [0.05, 0.1) is 38.8 Å². The first-order valence-electron chi connectivity index (χ1n) is 14.2. The Balaban J connectivity index is 1.39. The van der Waals surface area contributed by atoms with Crippen LogP contribution in [-0.2, 0) is 0 Å². The van der Waals surface area contributed by atoms with E-state index in [0.717, 1.165) is 44.8 Å². The molecule has 0 radical (unpaired) electrons. The molecule has 0 fully saturated rings. The van der Waals surface area contributed by atoms with Crippen LogP contribution in [0.1, 0.15) is 0 Å². The Hall–Kier alpha value is -5.74.